The van der Waals surface area contributed by atoms with Crippen LogP contribution in [0.1, 0.15) is 90.7 Å². The lowest BCUT2D eigenvalue weighted by molar-refractivity contribution is 0.591. The molecule has 0 saturated heterocycles. The highest BCUT2D eigenvalue weighted by Gasteiger charge is 2.45. The molecule has 0 saturated carbocycles. The minimum absolute atomic E-state index is 0.0755. The quantitative estimate of drug-likeness (QED) is 0.149. The number of anilines is 6. The minimum Gasteiger partial charge on any atom is -0.455 e. The van der Waals surface area contributed by atoms with Crippen molar-refractivity contribution >= 4 is 108 Å². The Balaban J connectivity index is 1.12. The third kappa shape index (κ3) is 7.19. The van der Waals surface area contributed by atoms with Crippen molar-refractivity contribution in [3.05, 3.63) is 221 Å². The summed E-state index contributed by atoms with van der Waals surface area (Å²) >= 11 is 0. The van der Waals surface area contributed by atoms with Gasteiger partial charge in [0.05, 0.1) is 22.6 Å². The molecule has 0 N–H and O–H groups in total. The molecule has 10 aromatic rings. The van der Waals surface area contributed by atoms with Gasteiger partial charge in [0, 0.05) is 55.7 Å². The van der Waals surface area contributed by atoms with E-state index in [1.165, 1.54) is 106 Å². The number of aryl methyl sites for hydroxylation is 5. The van der Waals surface area contributed by atoms with Gasteiger partial charge < -0.3 is 18.8 Å². The van der Waals surface area contributed by atoms with Gasteiger partial charge >= 0.3 is 0 Å². The van der Waals surface area contributed by atoms with Crippen LogP contribution >= 0.6 is 0 Å². The monoisotopic (exact) mass is 971 g/mol. The van der Waals surface area contributed by atoms with Crippen molar-refractivity contribution in [1.29, 1.82) is 0 Å². The topological polar surface area (TPSA) is 24.6 Å². The molecule has 366 valence electrons. The molecule has 75 heavy (non-hydrogen) atoms. The van der Waals surface area contributed by atoms with Crippen molar-refractivity contribution in [3.63, 3.8) is 0 Å². The molecule has 0 amide bonds. The Morgan fingerprint density at radius 2 is 1.27 bits per heavy atom. The van der Waals surface area contributed by atoms with Crippen LogP contribution in [0, 0.1) is 34.6 Å². The van der Waals surface area contributed by atoms with Gasteiger partial charge in [-0.1, -0.05) is 131 Å². The van der Waals surface area contributed by atoms with Crippen molar-refractivity contribution < 1.29 is 4.42 Å². The van der Waals surface area contributed by atoms with Crippen molar-refractivity contribution in [3.8, 4) is 16.8 Å². The van der Waals surface area contributed by atoms with Gasteiger partial charge in [-0.15, -0.1) is 0 Å². The molecule has 0 atom stereocenters. The van der Waals surface area contributed by atoms with Gasteiger partial charge in [-0.05, 0) is 199 Å². The molecule has 2 aliphatic heterocycles. The maximum Gasteiger partial charge on any atom is 0.252 e. The second-order valence-corrected chi connectivity index (χ2v) is 22.3. The first-order chi connectivity index (χ1) is 36.3. The highest BCUT2D eigenvalue weighted by molar-refractivity contribution is 7.00. The maximum absolute atomic E-state index is 6.64. The van der Waals surface area contributed by atoms with Crippen molar-refractivity contribution in [1.82, 2.24) is 4.57 Å². The molecule has 5 heteroatoms. The molecule has 0 spiro atoms. The van der Waals surface area contributed by atoms with Crippen LogP contribution < -0.4 is 26.2 Å². The zero-order chi connectivity index (χ0) is 51.6. The van der Waals surface area contributed by atoms with Crippen LogP contribution in [0.15, 0.2) is 175 Å². The number of benzene rings is 8. The molecule has 2 aromatic heterocycles. The summed E-state index contributed by atoms with van der Waals surface area (Å²) in [6.07, 6.45) is 15.6. The van der Waals surface area contributed by atoms with Crippen LogP contribution in [-0.4, -0.2) is 11.3 Å². The molecule has 8 aromatic carbocycles. The second kappa shape index (κ2) is 17.4. The first kappa shape index (κ1) is 46.5. The zero-order valence-corrected chi connectivity index (χ0v) is 44.7. The lowest BCUT2D eigenvalue weighted by Gasteiger charge is -2.46. The van der Waals surface area contributed by atoms with Crippen LogP contribution in [0.2, 0.25) is 0 Å². The summed E-state index contributed by atoms with van der Waals surface area (Å²) in [5.74, 6) is 0. The standard InChI is InChI=1S/C70H62BN3O/c1-11-22-53-56-40-58-62(41-61(56)72(59(53)12-2)51-25-17-14-18-26-51)74(68-43(4)35-48(36-44(68)5)47-23-15-13-16-24-47)64-34-42(3)33-63-66(64)71(58)57-39-50(70(8,9)10)31-32-60(57)73(63)67-45(6)37-49(38-46(67)7)52-28-21-29-55-54-27-19-20-30-65(54)75-69(52)55/h11-12,14-15,17-41H,2,13,16H2,1,3-10H3/b22-11-. The number of hydrogen-bond acceptors (Lipinski definition) is 3. The number of aromatic nitrogens is 1. The van der Waals surface area contributed by atoms with Crippen molar-refractivity contribution in [2.45, 2.75) is 80.6 Å². The Morgan fingerprint density at radius 1 is 0.613 bits per heavy atom. The Hall–Kier alpha value is -8.28. The van der Waals surface area contributed by atoms with Crippen LogP contribution in [0.5, 0.6) is 0 Å². The average Bonchev–Trinajstić information content (AvgIpc) is 3.94. The number of hydrogen-bond donors (Lipinski definition) is 0. The molecular formula is C70H62BN3O. The molecule has 0 fully saturated rings. The van der Waals surface area contributed by atoms with Gasteiger partial charge in [-0.3, -0.25) is 0 Å². The summed E-state index contributed by atoms with van der Waals surface area (Å²) in [6.45, 7) is 25.0. The maximum atomic E-state index is 6.64. The predicted octanol–water partition coefficient (Wildman–Crippen LogP) is 17.5. The molecule has 4 heterocycles. The highest BCUT2D eigenvalue weighted by Crippen LogP contribution is 2.50. The van der Waals surface area contributed by atoms with Gasteiger partial charge in [-0.2, -0.15) is 0 Å². The normalized spacial score (nSPS) is 14.0. The fourth-order valence-corrected chi connectivity index (χ4v) is 13.0. The molecule has 4 nitrogen and oxygen atoms in total. The fourth-order valence-electron chi connectivity index (χ4n) is 13.0. The number of fused-ring (bicyclic) bond motifs is 8. The average molecular weight is 972 g/mol. The van der Waals surface area contributed by atoms with E-state index in [9.17, 15) is 0 Å². The Morgan fingerprint density at radius 3 is 1.93 bits per heavy atom. The fraction of sp³-hybridized carbons (Fsp3) is 0.171. The van der Waals surface area contributed by atoms with Crippen LogP contribution in [0.4, 0.5) is 34.1 Å². The SMILES string of the molecule is C=Cc1c(/C=C\C)c2cc3c(cc2n1-c1ccccc1)N(c1c(C)cc(C2=CCCC=C2)cc1C)c1cc(C)cc2c1B3c1cc(C(C)(C)C)ccc1N2c1c(C)cc(-c2cccc3c2oc2ccccc23)cc1C. The van der Waals surface area contributed by atoms with E-state index in [1.807, 2.05) is 6.08 Å². The molecule has 0 bridgehead atoms. The smallest absolute Gasteiger partial charge is 0.252 e. The summed E-state index contributed by atoms with van der Waals surface area (Å²) in [4.78, 5) is 5.25. The lowest BCUT2D eigenvalue weighted by atomic mass is 9.33. The van der Waals surface area contributed by atoms with Gasteiger partial charge in [0.2, 0.25) is 0 Å². The molecule has 1 aliphatic carbocycles. The van der Waals surface area contributed by atoms with Crippen molar-refractivity contribution in [2.75, 3.05) is 9.80 Å². The number of rotatable bonds is 7. The predicted molar refractivity (Wildman–Crippen MR) is 324 cm³/mol. The summed E-state index contributed by atoms with van der Waals surface area (Å²) in [6, 6.07) is 52.6. The Kier molecular flexibility index (Phi) is 10.8. The molecule has 3 aliphatic rings. The van der Waals surface area contributed by atoms with Gasteiger partial charge in [0.15, 0.2) is 0 Å². The third-order valence-electron chi connectivity index (χ3n) is 16.3. The Bertz CT molecular complexity index is 4100. The van der Waals surface area contributed by atoms with E-state index in [1.54, 1.807) is 0 Å². The summed E-state index contributed by atoms with van der Waals surface area (Å²) in [7, 11) is 0. The first-order valence-corrected chi connectivity index (χ1v) is 26.7. The molecule has 13 rings (SSSR count). The highest BCUT2D eigenvalue weighted by atomic mass is 16.3. The van der Waals surface area contributed by atoms with Crippen LogP contribution in [0.25, 0.3) is 67.4 Å². The lowest BCUT2D eigenvalue weighted by Crippen LogP contribution is -2.61. The van der Waals surface area contributed by atoms with E-state index < -0.39 is 0 Å². The largest absolute Gasteiger partial charge is 0.455 e. The Labute approximate surface area is 442 Å². The first-order valence-electron chi connectivity index (χ1n) is 26.7. The summed E-state index contributed by atoms with van der Waals surface area (Å²) in [5, 5.41) is 3.49. The second-order valence-electron chi connectivity index (χ2n) is 22.3. The minimum atomic E-state index is -0.0847. The summed E-state index contributed by atoms with van der Waals surface area (Å²) < 4.78 is 9.05. The number of nitrogens with zero attached hydrogens (tertiary/aromatic N) is 3. The zero-order valence-electron chi connectivity index (χ0n) is 44.7. The van der Waals surface area contributed by atoms with E-state index in [0.717, 1.165) is 62.8 Å². The van der Waals surface area contributed by atoms with E-state index in [-0.39, 0.29) is 12.1 Å². The van der Waals surface area contributed by atoms with Gasteiger partial charge in [0.1, 0.15) is 11.2 Å². The van der Waals surface area contributed by atoms with Crippen LogP contribution in [0.3, 0.4) is 0 Å². The van der Waals surface area contributed by atoms with E-state index in [4.69, 9.17) is 4.42 Å². The molecule has 0 unspecified atom stereocenters. The number of para-hydroxylation sites is 3. The van der Waals surface area contributed by atoms with Gasteiger partial charge in [-0.25, -0.2) is 0 Å². The van der Waals surface area contributed by atoms with E-state index >= 15 is 0 Å². The van der Waals surface area contributed by atoms with Crippen molar-refractivity contribution in [2.24, 2.45) is 0 Å². The molecular weight excluding hydrogens is 910 g/mol. The van der Waals surface area contributed by atoms with E-state index in [2.05, 4.69) is 253 Å². The van der Waals surface area contributed by atoms with E-state index in [0.29, 0.717) is 0 Å². The van der Waals surface area contributed by atoms with Gasteiger partial charge in [0.25, 0.3) is 6.71 Å². The molecule has 0 radical (unpaired) electrons. The summed E-state index contributed by atoms with van der Waals surface area (Å²) in [5.41, 5.74) is 29.7. The van der Waals surface area contributed by atoms with Crippen LogP contribution in [-0.2, 0) is 5.41 Å². The third-order valence-corrected chi connectivity index (χ3v) is 16.3. The number of furan rings is 1. The number of allylic oxidation sites excluding steroid dienone is 5.